The minimum Gasteiger partial charge on any atom is -0.341 e. The number of rotatable bonds is 4. The smallest absolute Gasteiger partial charge is 0.317 e. The summed E-state index contributed by atoms with van der Waals surface area (Å²) >= 11 is 0. The van der Waals surface area contributed by atoms with Gasteiger partial charge in [-0.3, -0.25) is 9.78 Å². The first-order valence-corrected chi connectivity index (χ1v) is 8.85. The van der Waals surface area contributed by atoms with Crippen LogP contribution in [0.3, 0.4) is 0 Å². The molecule has 6 heteroatoms. The van der Waals surface area contributed by atoms with Crippen molar-refractivity contribution < 1.29 is 9.59 Å². The molecule has 0 bridgehead atoms. The number of aromatic nitrogens is 1. The Morgan fingerprint density at radius 2 is 2.17 bits per heavy atom. The molecule has 0 radical (unpaired) electrons. The third kappa shape index (κ3) is 3.68. The van der Waals surface area contributed by atoms with Crippen molar-refractivity contribution in [2.75, 3.05) is 20.1 Å². The van der Waals surface area contributed by atoms with E-state index >= 15 is 0 Å². The van der Waals surface area contributed by atoms with Crippen molar-refractivity contribution in [3.05, 3.63) is 30.1 Å². The van der Waals surface area contributed by atoms with E-state index < -0.39 is 0 Å². The van der Waals surface area contributed by atoms with Gasteiger partial charge in [0, 0.05) is 51.0 Å². The summed E-state index contributed by atoms with van der Waals surface area (Å²) in [5.74, 6) is 0.408. The van der Waals surface area contributed by atoms with Gasteiger partial charge in [0.25, 0.3) is 0 Å². The maximum absolute atomic E-state index is 13.0. The second-order valence-corrected chi connectivity index (χ2v) is 6.75. The lowest BCUT2D eigenvalue weighted by atomic mass is 9.83. The Balaban J connectivity index is 1.75. The number of carbonyl (C=O) groups is 2. The number of amides is 3. The molecular formula is C18H26N4O2. The van der Waals surface area contributed by atoms with Crippen molar-refractivity contribution >= 4 is 11.9 Å². The third-order valence-electron chi connectivity index (χ3n) is 5.15. The predicted octanol–water partition coefficient (Wildman–Crippen LogP) is 2.01. The quantitative estimate of drug-likeness (QED) is 0.918. The van der Waals surface area contributed by atoms with Gasteiger partial charge >= 0.3 is 6.03 Å². The Labute approximate surface area is 143 Å². The second-order valence-electron chi connectivity index (χ2n) is 6.75. The van der Waals surface area contributed by atoms with Gasteiger partial charge in [-0.2, -0.15) is 0 Å². The maximum atomic E-state index is 13.0. The Bertz CT molecular complexity index is 574. The van der Waals surface area contributed by atoms with Crippen molar-refractivity contribution in [1.82, 2.24) is 20.1 Å². The molecule has 3 amide bonds. The summed E-state index contributed by atoms with van der Waals surface area (Å²) in [4.78, 5) is 32.9. The lowest BCUT2D eigenvalue weighted by molar-refractivity contribution is -0.142. The van der Waals surface area contributed by atoms with Crippen LogP contribution in [0.2, 0.25) is 0 Å². The zero-order chi connectivity index (χ0) is 16.9. The summed E-state index contributed by atoms with van der Waals surface area (Å²) in [7, 11) is 1.65. The number of hydrogen-bond donors (Lipinski definition) is 1. The first-order valence-electron chi connectivity index (χ1n) is 8.85. The molecule has 1 unspecified atom stereocenters. The van der Waals surface area contributed by atoms with Crippen molar-refractivity contribution in [1.29, 1.82) is 0 Å². The molecule has 1 aliphatic heterocycles. The number of likely N-dealkylation sites (tertiary alicyclic amines) is 1. The summed E-state index contributed by atoms with van der Waals surface area (Å²) in [6.07, 6.45) is 8.58. The predicted molar refractivity (Wildman–Crippen MR) is 91.2 cm³/mol. The summed E-state index contributed by atoms with van der Waals surface area (Å²) in [5, 5.41) is 2.69. The van der Waals surface area contributed by atoms with Gasteiger partial charge in [-0.1, -0.05) is 12.5 Å². The molecular weight excluding hydrogens is 304 g/mol. The summed E-state index contributed by atoms with van der Waals surface area (Å²) < 4.78 is 0. The minimum absolute atomic E-state index is 0.0582. The standard InChI is InChI=1S/C18H26N4O2/c1-19-18(24)21-10-4-8-16(13-21)22(17(23)15-6-2-7-15)12-14-5-3-9-20-11-14/h3,5,9,11,15-16H,2,4,6-8,10,12-13H2,1H3,(H,19,24). The topological polar surface area (TPSA) is 65.5 Å². The van der Waals surface area contributed by atoms with Gasteiger partial charge in [-0.15, -0.1) is 0 Å². The highest BCUT2D eigenvalue weighted by molar-refractivity contribution is 5.80. The number of hydrogen-bond acceptors (Lipinski definition) is 3. The van der Waals surface area contributed by atoms with E-state index in [2.05, 4.69) is 10.3 Å². The Hall–Kier alpha value is -2.11. The molecule has 1 aliphatic carbocycles. The fourth-order valence-electron chi connectivity index (χ4n) is 3.52. The van der Waals surface area contributed by atoms with E-state index in [1.807, 2.05) is 28.1 Å². The Morgan fingerprint density at radius 3 is 2.79 bits per heavy atom. The molecule has 2 heterocycles. The maximum Gasteiger partial charge on any atom is 0.317 e. The molecule has 1 saturated heterocycles. The summed E-state index contributed by atoms with van der Waals surface area (Å²) in [6, 6.07) is 3.94. The molecule has 1 aromatic rings. The minimum atomic E-state index is -0.0582. The van der Waals surface area contributed by atoms with Crippen LogP contribution in [-0.4, -0.2) is 52.9 Å². The highest BCUT2D eigenvalue weighted by Gasteiger charge is 2.35. The molecule has 6 nitrogen and oxygen atoms in total. The number of nitrogens with zero attached hydrogens (tertiary/aromatic N) is 3. The van der Waals surface area contributed by atoms with E-state index in [0.717, 1.165) is 44.2 Å². The summed E-state index contributed by atoms with van der Waals surface area (Å²) in [5.41, 5.74) is 1.04. The molecule has 2 fully saturated rings. The molecule has 1 N–H and O–H groups in total. The molecule has 0 aromatic carbocycles. The fraction of sp³-hybridized carbons (Fsp3) is 0.611. The van der Waals surface area contributed by atoms with Crippen molar-refractivity contribution in [2.45, 2.75) is 44.7 Å². The van der Waals surface area contributed by atoms with Crippen LogP contribution in [0.15, 0.2) is 24.5 Å². The van der Waals surface area contributed by atoms with Crippen LogP contribution in [0, 0.1) is 5.92 Å². The van der Waals surface area contributed by atoms with Gasteiger partial charge in [0.2, 0.25) is 5.91 Å². The highest BCUT2D eigenvalue weighted by atomic mass is 16.2. The van der Waals surface area contributed by atoms with Crippen molar-refractivity contribution in [2.24, 2.45) is 5.92 Å². The molecule has 2 aliphatic rings. The van der Waals surface area contributed by atoms with Gasteiger partial charge in [0.05, 0.1) is 0 Å². The van der Waals surface area contributed by atoms with E-state index in [1.165, 1.54) is 0 Å². The average Bonchev–Trinajstić information content (AvgIpc) is 2.58. The van der Waals surface area contributed by atoms with Gasteiger partial charge < -0.3 is 15.1 Å². The SMILES string of the molecule is CNC(=O)N1CCCC(N(Cc2cccnc2)C(=O)C2CCC2)C1. The van der Waals surface area contributed by atoms with Gasteiger partial charge in [0.15, 0.2) is 0 Å². The van der Waals surface area contributed by atoms with E-state index in [-0.39, 0.29) is 23.9 Å². The molecule has 130 valence electrons. The van der Waals surface area contributed by atoms with E-state index in [0.29, 0.717) is 13.1 Å². The lowest BCUT2D eigenvalue weighted by Crippen LogP contribution is -2.54. The third-order valence-corrected chi connectivity index (χ3v) is 5.15. The zero-order valence-electron chi connectivity index (χ0n) is 14.3. The van der Waals surface area contributed by atoms with Crippen LogP contribution < -0.4 is 5.32 Å². The largest absolute Gasteiger partial charge is 0.341 e. The molecule has 1 aromatic heterocycles. The number of pyridine rings is 1. The van der Waals surface area contributed by atoms with E-state index in [4.69, 9.17) is 0 Å². The second kappa shape index (κ2) is 7.64. The van der Waals surface area contributed by atoms with Gasteiger partial charge in [-0.25, -0.2) is 4.79 Å². The van der Waals surface area contributed by atoms with Crippen LogP contribution in [-0.2, 0) is 11.3 Å². The fourth-order valence-corrected chi connectivity index (χ4v) is 3.52. The monoisotopic (exact) mass is 330 g/mol. The average molecular weight is 330 g/mol. The Morgan fingerprint density at radius 1 is 1.33 bits per heavy atom. The van der Waals surface area contributed by atoms with Crippen LogP contribution >= 0.6 is 0 Å². The first kappa shape index (κ1) is 16.7. The summed E-state index contributed by atoms with van der Waals surface area (Å²) in [6.45, 7) is 1.95. The van der Waals surface area contributed by atoms with Crippen molar-refractivity contribution in [3.8, 4) is 0 Å². The van der Waals surface area contributed by atoms with Gasteiger partial charge in [0.1, 0.15) is 0 Å². The Kier molecular flexibility index (Phi) is 5.33. The zero-order valence-corrected chi connectivity index (χ0v) is 14.3. The number of urea groups is 1. The van der Waals surface area contributed by atoms with E-state index in [9.17, 15) is 9.59 Å². The van der Waals surface area contributed by atoms with Crippen LogP contribution in [0.5, 0.6) is 0 Å². The van der Waals surface area contributed by atoms with Crippen LogP contribution in [0.1, 0.15) is 37.7 Å². The molecule has 3 rings (SSSR count). The van der Waals surface area contributed by atoms with Gasteiger partial charge in [-0.05, 0) is 37.3 Å². The van der Waals surface area contributed by atoms with E-state index in [1.54, 1.807) is 13.2 Å². The normalized spacial score (nSPS) is 21.0. The number of nitrogens with one attached hydrogen (secondary N) is 1. The van der Waals surface area contributed by atoms with Crippen LogP contribution in [0.4, 0.5) is 4.79 Å². The number of carbonyl (C=O) groups excluding carboxylic acids is 2. The molecule has 1 atom stereocenters. The molecule has 24 heavy (non-hydrogen) atoms. The van der Waals surface area contributed by atoms with Crippen LogP contribution in [0.25, 0.3) is 0 Å². The molecule has 0 spiro atoms. The first-order chi connectivity index (χ1) is 11.7. The number of piperidine rings is 1. The lowest BCUT2D eigenvalue weighted by Gasteiger charge is -2.41. The molecule has 1 saturated carbocycles. The van der Waals surface area contributed by atoms with Crippen molar-refractivity contribution in [3.63, 3.8) is 0 Å². The highest BCUT2D eigenvalue weighted by Crippen LogP contribution is 2.31.